The van der Waals surface area contributed by atoms with Gasteiger partial charge < -0.3 is 19.3 Å². The lowest BCUT2D eigenvalue weighted by Crippen LogP contribution is -2.53. The zero-order chi connectivity index (χ0) is 19.5. The average Bonchev–Trinajstić information content (AvgIpc) is 3.26. The van der Waals surface area contributed by atoms with Gasteiger partial charge in [-0.2, -0.15) is 0 Å². The van der Waals surface area contributed by atoms with Gasteiger partial charge in [-0.1, -0.05) is 19.0 Å². The summed E-state index contributed by atoms with van der Waals surface area (Å²) < 4.78 is 10.5. The van der Waals surface area contributed by atoms with Gasteiger partial charge in [-0.05, 0) is 26.2 Å². The summed E-state index contributed by atoms with van der Waals surface area (Å²) in [6.45, 7) is 8.18. The summed E-state index contributed by atoms with van der Waals surface area (Å²) in [6, 6.07) is 1.59. The number of carbonyl (C=O) groups is 2. The molecule has 2 heterocycles. The minimum absolute atomic E-state index is 0.0967. The summed E-state index contributed by atoms with van der Waals surface area (Å²) in [5.74, 6) is -0.0770. The number of aliphatic hydroxyl groups is 1. The number of nitrogens with zero attached hydrogens (tertiary/aromatic N) is 2. The van der Waals surface area contributed by atoms with E-state index in [-0.39, 0.29) is 30.2 Å². The Labute approximate surface area is 153 Å². The molecule has 26 heavy (non-hydrogen) atoms. The predicted molar refractivity (Wildman–Crippen MR) is 95.6 cm³/mol. The summed E-state index contributed by atoms with van der Waals surface area (Å²) >= 11 is 0. The van der Waals surface area contributed by atoms with Crippen LogP contribution in [0.1, 0.15) is 46.2 Å². The fraction of sp³-hybridized carbons (Fsp3) is 0.722. The molecule has 146 valence electrons. The first kappa shape index (κ1) is 20.4. The normalized spacial score (nSPS) is 18.0. The van der Waals surface area contributed by atoms with Crippen molar-refractivity contribution in [2.24, 2.45) is 5.92 Å². The highest BCUT2D eigenvalue weighted by Gasteiger charge is 2.37. The van der Waals surface area contributed by atoms with Gasteiger partial charge in [0.05, 0.1) is 12.3 Å². The Morgan fingerprint density at radius 1 is 1.38 bits per heavy atom. The maximum Gasteiger partial charge on any atom is 0.252 e. The first-order valence-corrected chi connectivity index (χ1v) is 8.82. The van der Waals surface area contributed by atoms with Crippen molar-refractivity contribution < 1.29 is 24.0 Å². The Bertz CT molecular complexity index is 647. The Hall–Kier alpha value is -1.93. The molecule has 0 unspecified atom stereocenters. The van der Waals surface area contributed by atoms with Crippen molar-refractivity contribution in [1.29, 1.82) is 0 Å². The van der Waals surface area contributed by atoms with Crippen molar-refractivity contribution in [1.82, 2.24) is 10.1 Å². The van der Waals surface area contributed by atoms with Crippen LogP contribution in [0.3, 0.4) is 0 Å². The van der Waals surface area contributed by atoms with E-state index in [1.807, 2.05) is 13.8 Å². The molecule has 1 atom stereocenters. The van der Waals surface area contributed by atoms with Gasteiger partial charge in [-0.3, -0.25) is 14.9 Å². The monoisotopic (exact) mass is 367 g/mol. The molecule has 1 fully saturated rings. The number of aliphatic hydroxyl groups excluding tert-OH is 1. The van der Waals surface area contributed by atoms with Crippen LogP contribution < -0.4 is 5.32 Å². The molecule has 0 saturated carbocycles. The van der Waals surface area contributed by atoms with Crippen LogP contribution in [-0.4, -0.2) is 59.4 Å². The highest BCUT2D eigenvalue weighted by Crippen LogP contribution is 2.26. The number of amides is 2. The SMILES string of the molecule is CN(C(=O)C[C@H]1CCOC1)C(C)(C)C(=O)Nc1cc(C(C)(C)CO)no1. The molecule has 8 heteroatoms. The molecule has 0 spiro atoms. The maximum absolute atomic E-state index is 12.7. The van der Waals surface area contributed by atoms with Crippen LogP contribution in [0.25, 0.3) is 0 Å². The van der Waals surface area contributed by atoms with Gasteiger partial charge in [0.15, 0.2) is 0 Å². The van der Waals surface area contributed by atoms with Crippen molar-refractivity contribution in [2.45, 2.75) is 51.5 Å². The molecule has 0 aliphatic carbocycles. The Morgan fingerprint density at radius 3 is 2.65 bits per heavy atom. The van der Waals surface area contributed by atoms with Crippen LogP contribution in [0.2, 0.25) is 0 Å². The van der Waals surface area contributed by atoms with E-state index in [2.05, 4.69) is 10.5 Å². The van der Waals surface area contributed by atoms with Gasteiger partial charge in [0, 0.05) is 38.2 Å². The molecule has 1 aromatic rings. The van der Waals surface area contributed by atoms with Gasteiger partial charge >= 0.3 is 0 Å². The third kappa shape index (κ3) is 4.42. The summed E-state index contributed by atoms with van der Waals surface area (Å²) in [5, 5.41) is 16.0. The van der Waals surface area contributed by atoms with E-state index in [0.29, 0.717) is 25.3 Å². The quantitative estimate of drug-likeness (QED) is 0.757. The number of likely N-dealkylation sites (N-methyl/N-ethyl adjacent to an activating group) is 1. The topological polar surface area (TPSA) is 105 Å². The second kappa shape index (κ2) is 7.75. The number of hydrogen-bond donors (Lipinski definition) is 2. The molecule has 8 nitrogen and oxygen atoms in total. The second-order valence-corrected chi connectivity index (χ2v) is 8.02. The third-order valence-corrected chi connectivity index (χ3v) is 5.09. The largest absolute Gasteiger partial charge is 0.395 e. The average molecular weight is 367 g/mol. The number of aromatic nitrogens is 1. The van der Waals surface area contributed by atoms with Crippen molar-refractivity contribution >= 4 is 17.7 Å². The molecule has 1 aliphatic heterocycles. The van der Waals surface area contributed by atoms with E-state index in [1.54, 1.807) is 27.0 Å². The van der Waals surface area contributed by atoms with E-state index in [4.69, 9.17) is 9.26 Å². The molecular formula is C18H29N3O5. The first-order valence-electron chi connectivity index (χ1n) is 8.82. The predicted octanol–water partition coefficient (Wildman–Crippen LogP) is 1.55. The van der Waals surface area contributed by atoms with Gasteiger partial charge in [-0.15, -0.1) is 0 Å². The van der Waals surface area contributed by atoms with Crippen LogP contribution in [-0.2, 0) is 19.7 Å². The minimum Gasteiger partial charge on any atom is -0.395 e. The van der Waals surface area contributed by atoms with Crippen LogP contribution >= 0.6 is 0 Å². The zero-order valence-electron chi connectivity index (χ0n) is 16.2. The number of rotatable bonds is 7. The fourth-order valence-electron chi connectivity index (χ4n) is 2.59. The van der Waals surface area contributed by atoms with Crippen LogP contribution in [0.15, 0.2) is 10.6 Å². The van der Waals surface area contributed by atoms with Gasteiger partial charge in [-0.25, -0.2) is 0 Å². The standard InChI is InChI=1S/C18H29N3O5/c1-17(2,11-22)13-9-14(26-20-13)19-16(24)18(3,4)21(5)15(23)8-12-6-7-25-10-12/h9,12,22H,6-8,10-11H2,1-5H3,(H,19,24)/t12-/m1/s1. The molecule has 0 aromatic carbocycles. The van der Waals surface area contributed by atoms with Gasteiger partial charge in [0.25, 0.3) is 5.91 Å². The summed E-state index contributed by atoms with van der Waals surface area (Å²) in [7, 11) is 1.62. The first-order chi connectivity index (χ1) is 12.1. The van der Waals surface area contributed by atoms with Crippen molar-refractivity contribution in [3.63, 3.8) is 0 Å². The van der Waals surface area contributed by atoms with E-state index in [0.717, 1.165) is 6.42 Å². The molecular weight excluding hydrogens is 338 g/mol. The smallest absolute Gasteiger partial charge is 0.252 e. The Kier molecular flexibility index (Phi) is 6.08. The Balaban J connectivity index is 2.01. The molecule has 2 rings (SSSR count). The van der Waals surface area contributed by atoms with Crippen LogP contribution in [0.4, 0.5) is 5.88 Å². The van der Waals surface area contributed by atoms with Gasteiger partial charge in [0.2, 0.25) is 11.8 Å². The summed E-state index contributed by atoms with van der Waals surface area (Å²) in [6.07, 6.45) is 1.23. The molecule has 1 aromatic heterocycles. The minimum atomic E-state index is -1.06. The van der Waals surface area contributed by atoms with E-state index < -0.39 is 11.0 Å². The maximum atomic E-state index is 12.7. The zero-order valence-corrected chi connectivity index (χ0v) is 16.2. The number of ether oxygens (including phenoxy) is 1. The number of hydrogen-bond acceptors (Lipinski definition) is 6. The molecule has 2 N–H and O–H groups in total. The fourth-order valence-corrected chi connectivity index (χ4v) is 2.59. The lowest BCUT2D eigenvalue weighted by Gasteiger charge is -2.34. The molecule has 0 radical (unpaired) electrons. The molecule has 1 aliphatic rings. The number of nitrogens with one attached hydrogen (secondary N) is 1. The molecule has 1 saturated heterocycles. The summed E-state index contributed by atoms with van der Waals surface area (Å²) in [4.78, 5) is 26.6. The van der Waals surface area contributed by atoms with E-state index >= 15 is 0 Å². The highest BCUT2D eigenvalue weighted by atomic mass is 16.5. The lowest BCUT2D eigenvalue weighted by molar-refractivity contribution is -0.142. The van der Waals surface area contributed by atoms with Crippen LogP contribution in [0, 0.1) is 5.92 Å². The summed E-state index contributed by atoms with van der Waals surface area (Å²) in [5.41, 5.74) is -1.09. The molecule has 2 amide bonds. The second-order valence-electron chi connectivity index (χ2n) is 8.02. The van der Waals surface area contributed by atoms with E-state index in [9.17, 15) is 14.7 Å². The van der Waals surface area contributed by atoms with Crippen molar-refractivity contribution in [2.75, 3.05) is 32.2 Å². The van der Waals surface area contributed by atoms with Crippen molar-refractivity contribution in [3.05, 3.63) is 11.8 Å². The lowest BCUT2D eigenvalue weighted by atomic mass is 9.91. The third-order valence-electron chi connectivity index (χ3n) is 5.09. The van der Waals surface area contributed by atoms with E-state index in [1.165, 1.54) is 4.90 Å². The molecule has 0 bridgehead atoms. The number of anilines is 1. The number of carbonyl (C=O) groups excluding carboxylic acids is 2. The Morgan fingerprint density at radius 2 is 2.08 bits per heavy atom. The van der Waals surface area contributed by atoms with Crippen molar-refractivity contribution in [3.8, 4) is 0 Å². The highest BCUT2D eigenvalue weighted by molar-refractivity contribution is 5.99. The van der Waals surface area contributed by atoms with Crippen LogP contribution in [0.5, 0.6) is 0 Å². The van der Waals surface area contributed by atoms with Gasteiger partial charge in [0.1, 0.15) is 5.54 Å².